The summed E-state index contributed by atoms with van der Waals surface area (Å²) in [5, 5.41) is 5.20. The summed E-state index contributed by atoms with van der Waals surface area (Å²) in [6.45, 7) is 2.00. The van der Waals surface area contributed by atoms with E-state index in [2.05, 4.69) is 10.3 Å². The van der Waals surface area contributed by atoms with Crippen LogP contribution in [0, 0.1) is 6.92 Å². The Balaban J connectivity index is 1.91. The molecule has 1 aromatic heterocycles. The van der Waals surface area contributed by atoms with Gasteiger partial charge in [0.1, 0.15) is 0 Å². The third kappa shape index (κ3) is 3.48. The molecule has 1 heterocycles. The highest BCUT2D eigenvalue weighted by molar-refractivity contribution is 8.00. The number of nitrogen functional groups attached to an aromatic ring is 1. The number of amides is 1. The Hall–Kier alpha value is -1.53. The summed E-state index contributed by atoms with van der Waals surface area (Å²) in [4.78, 5) is 16.7. The first-order valence-electron chi connectivity index (χ1n) is 5.33. The summed E-state index contributed by atoms with van der Waals surface area (Å²) in [5.41, 5.74) is 7.55. The lowest BCUT2D eigenvalue weighted by atomic mass is 10.2. The highest BCUT2D eigenvalue weighted by Crippen LogP contribution is 2.24. The Bertz CT molecular complexity index is 540. The van der Waals surface area contributed by atoms with Crippen molar-refractivity contribution in [1.29, 1.82) is 0 Å². The van der Waals surface area contributed by atoms with Gasteiger partial charge in [0, 0.05) is 22.2 Å². The number of aromatic nitrogens is 1. The van der Waals surface area contributed by atoms with Crippen molar-refractivity contribution in [2.45, 2.75) is 11.8 Å². The van der Waals surface area contributed by atoms with E-state index in [9.17, 15) is 4.79 Å². The van der Waals surface area contributed by atoms with Crippen LogP contribution in [0.1, 0.15) is 5.56 Å². The van der Waals surface area contributed by atoms with Crippen LogP contribution in [0.4, 0.5) is 10.8 Å². The number of carbonyl (C=O) groups is 1. The first-order chi connectivity index (χ1) is 8.65. The molecule has 4 nitrogen and oxygen atoms in total. The maximum absolute atomic E-state index is 11.7. The van der Waals surface area contributed by atoms with E-state index in [0.717, 1.165) is 10.5 Å². The van der Waals surface area contributed by atoms with E-state index in [1.54, 1.807) is 6.20 Å². The van der Waals surface area contributed by atoms with E-state index in [-0.39, 0.29) is 5.91 Å². The number of nitrogens with zero attached hydrogens (tertiary/aromatic N) is 1. The van der Waals surface area contributed by atoms with Gasteiger partial charge in [-0.05, 0) is 24.6 Å². The van der Waals surface area contributed by atoms with Gasteiger partial charge in [-0.2, -0.15) is 0 Å². The quantitative estimate of drug-likeness (QED) is 0.667. The van der Waals surface area contributed by atoms with E-state index in [0.29, 0.717) is 16.6 Å². The number of nitrogens with two attached hydrogens (primary N) is 1. The fraction of sp³-hybridized carbons (Fsp3) is 0.167. The number of thiazole rings is 1. The molecule has 18 heavy (non-hydrogen) atoms. The molecule has 0 aliphatic carbocycles. The molecule has 2 rings (SSSR count). The van der Waals surface area contributed by atoms with Crippen LogP contribution in [-0.2, 0) is 4.79 Å². The molecular formula is C12H13N3OS2. The van der Waals surface area contributed by atoms with Gasteiger partial charge in [-0.1, -0.05) is 6.07 Å². The van der Waals surface area contributed by atoms with Crippen molar-refractivity contribution in [3.8, 4) is 0 Å². The molecule has 0 spiro atoms. The molecule has 0 bridgehead atoms. The fourth-order valence-electron chi connectivity index (χ4n) is 1.36. The Kier molecular flexibility index (Phi) is 4.22. The van der Waals surface area contributed by atoms with Crippen molar-refractivity contribution in [3.05, 3.63) is 35.3 Å². The SMILES string of the molecule is Cc1ccc(N)cc1SCC(=O)Nc1nccs1. The van der Waals surface area contributed by atoms with Gasteiger partial charge in [-0.3, -0.25) is 4.79 Å². The molecule has 6 heteroatoms. The van der Waals surface area contributed by atoms with Crippen LogP contribution in [0.5, 0.6) is 0 Å². The largest absolute Gasteiger partial charge is 0.399 e. The van der Waals surface area contributed by atoms with Crippen LogP contribution in [-0.4, -0.2) is 16.6 Å². The van der Waals surface area contributed by atoms with Crippen molar-refractivity contribution < 1.29 is 4.79 Å². The number of thioether (sulfide) groups is 1. The fourth-order valence-corrected chi connectivity index (χ4v) is 2.77. The van der Waals surface area contributed by atoms with E-state index in [4.69, 9.17) is 5.73 Å². The van der Waals surface area contributed by atoms with Crippen LogP contribution in [0.15, 0.2) is 34.7 Å². The number of hydrogen-bond donors (Lipinski definition) is 2. The predicted molar refractivity (Wildman–Crippen MR) is 77.1 cm³/mol. The summed E-state index contributed by atoms with van der Waals surface area (Å²) in [5.74, 6) is 0.293. The molecule has 0 saturated heterocycles. The van der Waals surface area contributed by atoms with Gasteiger partial charge in [0.2, 0.25) is 5.91 Å². The van der Waals surface area contributed by atoms with Crippen LogP contribution >= 0.6 is 23.1 Å². The van der Waals surface area contributed by atoms with Crippen LogP contribution in [0.2, 0.25) is 0 Å². The van der Waals surface area contributed by atoms with Crippen LogP contribution in [0.3, 0.4) is 0 Å². The monoisotopic (exact) mass is 279 g/mol. The minimum absolute atomic E-state index is 0.0585. The van der Waals surface area contributed by atoms with Crippen molar-refractivity contribution >= 4 is 39.8 Å². The minimum atomic E-state index is -0.0585. The summed E-state index contributed by atoms with van der Waals surface area (Å²) in [6, 6.07) is 5.70. The second-order valence-electron chi connectivity index (χ2n) is 3.70. The summed E-state index contributed by atoms with van der Waals surface area (Å²) in [7, 11) is 0. The molecule has 0 aliphatic heterocycles. The Labute approximate surface area is 114 Å². The maximum atomic E-state index is 11.7. The van der Waals surface area contributed by atoms with E-state index < -0.39 is 0 Å². The number of hydrogen-bond acceptors (Lipinski definition) is 5. The third-order valence-electron chi connectivity index (χ3n) is 2.25. The Morgan fingerprint density at radius 1 is 1.56 bits per heavy atom. The van der Waals surface area contributed by atoms with E-state index >= 15 is 0 Å². The molecule has 0 atom stereocenters. The first-order valence-corrected chi connectivity index (χ1v) is 7.20. The average Bonchev–Trinajstić information content (AvgIpc) is 2.83. The summed E-state index contributed by atoms with van der Waals surface area (Å²) >= 11 is 2.88. The second kappa shape index (κ2) is 5.88. The molecule has 0 radical (unpaired) electrons. The van der Waals surface area contributed by atoms with Crippen molar-refractivity contribution in [2.75, 3.05) is 16.8 Å². The minimum Gasteiger partial charge on any atom is -0.399 e. The first kappa shape index (κ1) is 12.9. The zero-order valence-corrected chi connectivity index (χ0v) is 11.5. The number of rotatable bonds is 4. The van der Waals surface area contributed by atoms with Gasteiger partial charge in [0.15, 0.2) is 5.13 Å². The number of aryl methyl sites for hydroxylation is 1. The number of nitrogens with one attached hydrogen (secondary N) is 1. The summed E-state index contributed by atoms with van der Waals surface area (Å²) in [6.07, 6.45) is 1.66. The molecule has 2 aromatic rings. The van der Waals surface area contributed by atoms with Crippen molar-refractivity contribution in [3.63, 3.8) is 0 Å². The van der Waals surface area contributed by atoms with Gasteiger partial charge in [0.05, 0.1) is 5.75 Å². The van der Waals surface area contributed by atoms with Gasteiger partial charge >= 0.3 is 0 Å². The molecule has 0 saturated carbocycles. The van der Waals surface area contributed by atoms with Crippen LogP contribution in [0.25, 0.3) is 0 Å². The van der Waals surface area contributed by atoms with Gasteiger partial charge in [-0.25, -0.2) is 4.98 Å². The van der Waals surface area contributed by atoms with Crippen molar-refractivity contribution in [1.82, 2.24) is 4.98 Å². The number of anilines is 2. The van der Waals surface area contributed by atoms with E-state index in [1.807, 2.05) is 30.5 Å². The van der Waals surface area contributed by atoms with Gasteiger partial charge in [-0.15, -0.1) is 23.1 Å². The number of carbonyl (C=O) groups excluding carboxylic acids is 1. The average molecular weight is 279 g/mol. The van der Waals surface area contributed by atoms with Crippen LogP contribution < -0.4 is 11.1 Å². The van der Waals surface area contributed by atoms with Gasteiger partial charge in [0.25, 0.3) is 0 Å². The lowest BCUT2D eigenvalue weighted by Gasteiger charge is -2.06. The third-order valence-corrected chi connectivity index (χ3v) is 4.10. The molecule has 0 aliphatic rings. The Morgan fingerprint density at radius 3 is 3.11 bits per heavy atom. The lowest BCUT2D eigenvalue weighted by Crippen LogP contribution is -2.13. The lowest BCUT2D eigenvalue weighted by molar-refractivity contribution is -0.113. The smallest absolute Gasteiger partial charge is 0.236 e. The zero-order chi connectivity index (χ0) is 13.0. The van der Waals surface area contributed by atoms with Gasteiger partial charge < -0.3 is 11.1 Å². The molecule has 1 amide bonds. The van der Waals surface area contributed by atoms with E-state index in [1.165, 1.54) is 23.1 Å². The van der Waals surface area contributed by atoms with Crippen molar-refractivity contribution in [2.24, 2.45) is 0 Å². The highest BCUT2D eigenvalue weighted by atomic mass is 32.2. The molecule has 1 aromatic carbocycles. The molecule has 3 N–H and O–H groups in total. The molecule has 94 valence electrons. The topological polar surface area (TPSA) is 68.0 Å². The molecular weight excluding hydrogens is 266 g/mol. The maximum Gasteiger partial charge on any atom is 0.236 e. The second-order valence-corrected chi connectivity index (χ2v) is 5.61. The standard InChI is InChI=1S/C12H13N3OS2/c1-8-2-3-9(13)6-10(8)18-7-11(16)15-12-14-4-5-17-12/h2-6H,7,13H2,1H3,(H,14,15,16). The molecule has 0 fully saturated rings. The highest BCUT2D eigenvalue weighted by Gasteiger charge is 2.06. The zero-order valence-electron chi connectivity index (χ0n) is 9.84. The molecule has 0 unspecified atom stereocenters. The Morgan fingerprint density at radius 2 is 2.39 bits per heavy atom. The predicted octanol–water partition coefficient (Wildman–Crippen LogP) is 2.76. The number of benzene rings is 1. The normalized spacial score (nSPS) is 10.3. The summed E-state index contributed by atoms with van der Waals surface area (Å²) < 4.78 is 0.